The highest BCUT2D eigenvalue weighted by Crippen LogP contribution is 2.18. The molecule has 0 unspecified atom stereocenters. The average molecular weight is 215 g/mol. The summed E-state index contributed by atoms with van der Waals surface area (Å²) in [5.74, 6) is 0.0724. The van der Waals surface area contributed by atoms with E-state index in [0.29, 0.717) is 19.3 Å². The number of ketones is 1. The summed E-state index contributed by atoms with van der Waals surface area (Å²) in [6, 6.07) is 0. The van der Waals surface area contributed by atoms with Crippen LogP contribution in [0, 0.1) is 5.41 Å². The largest absolute Gasteiger partial charge is 0.395 e. The number of hydrogen-bond acceptors (Lipinski definition) is 3. The van der Waals surface area contributed by atoms with Crippen LogP contribution >= 0.6 is 0 Å². The van der Waals surface area contributed by atoms with Gasteiger partial charge in [0.2, 0.25) is 5.91 Å². The summed E-state index contributed by atoms with van der Waals surface area (Å²) < 4.78 is 0. The number of rotatable bonds is 6. The highest BCUT2D eigenvalue weighted by Gasteiger charge is 2.20. The van der Waals surface area contributed by atoms with E-state index in [1.807, 2.05) is 20.8 Å². The lowest BCUT2D eigenvalue weighted by Gasteiger charge is -2.15. The van der Waals surface area contributed by atoms with E-state index >= 15 is 0 Å². The number of aliphatic hydroxyl groups excluding tert-OH is 1. The molecule has 0 aliphatic carbocycles. The molecular formula is C11H21NO3. The fourth-order valence-corrected chi connectivity index (χ4v) is 1.07. The summed E-state index contributed by atoms with van der Waals surface area (Å²) in [6.07, 6.45) is 1.37. The number of Topliss-reactive ketones (excluding diaryl/α,β-unsaturated/α-hetero) is 1. The molecule has 0 radical (unpaired) electrons. The van der Waals surface area contributed by atoms with Crippen LogP contribution in [0.5, 0.6) is 0 Å². The summed E-state index contributed by atoms with van der Waals surface area (Å²) in [4.78, 5) is 22.6. The van der Waals surface area contributed by atoms with Crippen LogP contribution in [0.2, 0.25) is 0 Å². The van der Waals surface area contributed by atoms with Crippen LogP contribution in [0.15, 0.2) is 0 Å². The van der Waals surface area contributed by atoms with Crippen molar-refractivity contribution >= 4 is 11.7 Å². The molecule has 0 aromatic heterocycles. The summed E-state index contributed by atoms with van der Waals surface area (Å²) >= 11 is 0. The molecule has 0 aromatic carbocycles. The van der Waals surface area contributed by atoms with E-state index in [1.54, 1.807) is 0 Å². The number of amides is 1. The minimum absolute atomic E-state index is 0.0489. The van der Waals surface area contributed by atoms with Crippen LogP contribution in [0.1, 0.15) is 40.0 Å². The van der Waals surface area contributed by atoms with Gasteiger partial charge >= 0.3 is 0 Å². The van der Waals surface area contributed by atoms with E-state index in [-0.39, 0.29) is 30.3 Å². The standard InChI is InChI=1S/C11H21NO3/c1-11(2,3)9(14)5-4-6-10(15)12-7-8-13/h13H,4-8H2,1-3H3,(H,12,15). The maximum atomic E-state index is 11.5. The SMILES string of the molecule is CC(C)(C)C(=O)CCCC(=O)NCCO. The number of hydrogen-bond donors (Lipinski definition) is 2. The lowest BCUT2D eigenvalue weighted by Crippen LogP contribution is -2.26. The third kappa shape index (κ3) is 7.08. The van der Waals surface area contributed by atoms with Gasteiger partial charge in [-0.25, -0.2) is 0 Å². The molecule has 0 rings (SSSR count). The van der Waals surface area contributed by atoms with Gasteiger partial charge in [0.05, 0.1) is 6.61 Å². The minimum Gasteiger partial charge on any atom is -0.395 e. The van der Waals surface area contributed by atoms with Gasteiger partial charge in [0.25, 0.3) is 0 Å². The second-order valence-corrected chi connectivity index (χ2v) is 4.60. The van der Waals surface area contributed by atoms with Gasteiger partial charge in [0, 0.05) is 24.8 Å². The fourth-order valence-electron chi connectivity index (χ4n) is 1.07. The lowest BCUT2D eigenvalue weighted by molar-refractivity contribution is -0.126. The molecule has 4 heteroatoms. The first-order valence-corrected chi connectivity index (χ1v) is 5.29. The number of aliphatic hydroxyl groups is 1. The van der Waals surface area contributed by atoms with Crippen molar-refractivity contribution in [2.45, 2.75) is 40.0 Å². The monoisotopic (exact) mass is 215 g/mol. The summed E-state index contributed by atoms with van der Waals surface area (Å²) in [5.41, 5.74) is -0.318. The summed E-state index contributed by atoms with van der Waals surface area (Å²) in [6.45, 7) is 5.86. The molecule has 4 nitrogen and oxygen atoms in total. The zero-order valence-corrected chi connectivity index (χ0v) is 9.80. The van der Waals surface area contributed by atoms with E-state index in [9.17, 15) is 9.59 Å². The second-order valence-electron chi connectivity index (χ2n) is 4.60. The molecule has 15 heavy (non-hydrogen) atoms. The molecule has 0 saturated carbocycles. The zero-order valence-electron chi connectivity index (χ0n) is 9.80. The number of carbonyl (C=O) groups is 2. The first kappa shape index (κ1) is 14.1. The molecule has 0 spiro atoms. The van der Waals surface area contributed by atoms with Crippen LogP contribution < -0.4 is 5.32 Å². The first-order chi connectivity index (χ1) is 6.88. The average Bonchev–Trinajstić information content (AvgIpc) is 2.13. The molecule has 0 fully saturated rings. The normalized spacial score (nSPS) is 11.2. The number of nitrogens with one attached hydrogen (secondary N) is 1. The van der Waals surface area contributed by atoms with Gasteiger partial charge in [-0.1, -0.05) is 20.8 Å². The maximum Gasteiger partial charge on any atom is 0.220 e. The van der Waals surface area contributed by atoms with Crippen molar-refractivity contribution in [1.82, 2.24) is 5.32 Å². The molecule has 0 aromatic rings. The molecular weight excluding hydrogens is 194 g/mol. The molecule has 2 N–H and O–H groups in total. The van der Waals surface area contributed by atoms with Crippen molar-refractivity contribution < 1.29 is 14.7 Å². The molecule has 88 valence electrons. The Balaban J connectivity index is 3.62. The zero-order chi connectivity index (χ0) is 11.9. The van der Waals surface area contributed by atoms with Gasteiger partial charge in [-0.3, -0.25) is 9.59 Å². The predicted octanol–water partition coefficient (Wildman–Crippen LogP) is 0.880. The van der Waals surface area contributed by atoms with Gasteiger partial charge in [0.1, 0.15) is 5.78 Å². The quantitative estimate of drug-likeness (QED) is 0.691. The van der Waals surface area contributed by atoms with E-state index in [4.69, 9.17) is 5.11 Å². The third-order valence-corrected chi connectivity index (χ3v) is 2.08. The summed E-state index contributed by atoms with van der Waals surface area (Å²) in [7, 11) is 0. The van der Waals surface area contributed by atoms with Crippen molar-refractivity contribution in [1.29, 1.82) is 0 Å². The molecule has 0 bridgehead atoms. The van der Waals surface area contributed by atoms with E-state index in [1.165, 1.54) is 0 Å². The molecule has 0 saturated heterocycles. The van der Waals surface area contributed by atoms with Crippen LogP contribution in [-0.4, -0.2) is 29.9 Å². The van der Waals surface area contributed by atoms with Crippen LogP contribution in [0.4, 0.5) is 0 Å². The van der Waals surface area contributed by atoms with Crippen molar-refractivity contribution in [3.8, 4) is 0 Å². The topological polar surface area (TPSA) is 66.4 Å². The van der Waals surface area contributed by atoms with E-state index in [2.05, 4.69) is 5.32 Å². The Hall–Kier alpha value is -0.900. The van der Waals surface area contributed by atoms with Gasteiger partial charge in [0.15, 0.2) is 0 Å². The van der Waals surface area contributed by atoms with E-state index < -0.39 is 0 Å². The third-order valence-electron chi connectivity index (χ3n) is 2.08. The number of carbonyl (C=O) groups excluding carboxylic acids is 2. The Labute approximate surface area is 91.1 Å². The fraction of sp³-hybridized carbons (Fsp3) is 0.818. The van der Waals surface area contributed by atoms with Gasteiger partial charge in [-0.05, 0) is 6.42 Å². The van der Waals surface area contributed by atoms with Crippen molar-refractivity contribution in [3.63, 3.8) is 0 Å². The Kier molecular flexibility index (Phi) is 6.17. The molecule has 0 aliphatic rings. The van der Waals surface area contributed by atoms with Crippen molar-refractivity contribution in [2.24, 2.45) is 5.41 Å². The predicted molar refractivity (Wildman–Crippen MR) is 58.4 cm³/mol. The van der Waals surface area contributed by atoms with Gasteiger partial charge in [-0.15, -0.1) is 0 Å². The van der Waals surface area contributed by atoms with Gasteiger partial charge < -0.3 is 10.4 Å². The highest BCUT2D eigenvalue weighted by molar-refractivity contribution is 5.84. The Morgan fingerprint density at radius 1 is 1.20 bits per heavy atom. The van der Waals surface area contributed by atoms with Crippen LogP contribution in [0.25, 0.3) is 0 Å². The van der Waals surface area contributed by atoms with Crippen molar-refractivity contribution in [2.75, 3.05) is 13.2 Å². The highest BCUT2D eigenvalue weighted by atomic mass is 16.3. The van der Waals surface area contributed by atoms with E-state index in [0.717, 1.165) is 0 Å². The Morgan fingerprint density at radius 2 is 1.80 bits per heavy atom. The Morgan fingerprint density at radius 3 is 2.27 bits per heavy atom. The molecule has 0 atom stereocenters. The molecule has 1 amide bonds. The maximum absolute atomic E-state index is 11.5. The van der Waals surface area contributed by atoms with Gasteiger partial charge in [-0.2, -0.15) is 0 Å². The van der Waals surface area contributed by atoms with Crippen LogP contribution in [0.3, 0.4) is 0 Å². The molecule has 0 aliphatic heterocycles. The molecule has 0 heterocycles. The minimum atomic E-state index is -0.318. The Bertz CT molecular complexity index is 218. The smallest absolute Gasteiger partial charge is 0.220 e. The second kappa shape index (κ2) is 6.56. The lowest BCUT2D eigenvalue weighted by atomic mass is 9.88. The first-order valence-electron chi connectivity index (χ1n) is 5.29. The summed E-state index contributed by atoms with van der Waals surface area (Å²) in [5, 5.41) is 11.0. The van der Waals surface area contributed by atoms with Crippen LogP contribution in [-0.2, 0) is 9.59 Å². The van der Waals surface area contributed by atoms with Crippen molar-refractivity contribution in [3.05, 3.63) is 0 Å².